The molecule has 0 amide bonds. The lowest BCUT2D eigenvalue weighted by Crippen LogP contribution is -2.21. The zero-order valence-electron chi connectivity index (χ0n) is 4.14. The van der Waals surface area contributed by atoms with Crippen LogP contribution in [-0.4, -0.2) is 12.4 Å². The van der Waals surface area contributed by atoms with Crippen LogP contribution in [0.15, 0.2) is 5.16 Å². The third kappa shape index (κ3) is 1.34. The van der Waals surface area contributed by atoms with Gasteiger partial charge in [0.15, 0.2) is 0 Å². The Labute approximate surface area is 49.3 Å². The summed E-state index contributed by atoms with van der Waals surface area (Å²) in [7, 11) is 0. The van der Waals surface area contributed by atoms with Gasteiger partial charge in [0.25, 0.3) is 0 Å². The molecule has 1 rings (SSSR count). The molecule has 1 unspecified atom stereocenters. The maximum absolute atomic E-state index is 11.5. The van der Waals surface area contributed by atoms with Crippen LogP contribution in [-0.2, 0) is 4.84 Å². The molecule has 0 saturated heterocycles. The van der Waals surface area contributed by atoms with E-state index in [-0.39, 0.29) is 0 Å². The van der Waals surface area contributed by atoms with Crippen molar-refractivity contribution in [1.29, 1.82) is 0 Å². The van der Waals surface area contributed by atoms with Crippen molar-refractivity contribution in [3.8, 4) is 0 Å². The van der Waals surface area contributed by atoms with Crippen molar-refractivity contribution in [1.82, 2.24) is 0 Å². The van der Waals surface area contributed by atoms with Crippen LogP contribution in [0.1, 0.15) is 0 Å². The van der Waals surface area contributed by atoms with Gasteiger partial charge in [-0.3, -0.25) is 0 Å². The number of rotatable bonds is 0. The van der Waals surface area contributed by atoms with Gasteiger partial charge in [0.1, 0.15) is 5.92 Å². The quantitative estimate of drug-likeness (QED) is 0.491. The summed E-state index contributed by atoms with van der Waals surface area (Å²) < 4.78 is 34.6. The summed E-state index contributed by atoms with van der Waals surface area (Å²) in [6.07, 6.45) is -3.65. The molecule has 0 N–H and O–H groups in total. The van der Waals surface area contributed by atoms with E-state index < -0.39 is 12.1 Å². The number of alkyl halides is 3. The zero-order valence-corrected chi connectivity index (χ0v) is 4.14. The van der Waals surface area contributed by atoms with Crippen molar-refractivity contribution >= 4 is 6.21 Å². The van der Waals surface area contributed by atoms with Crippen molar-refractivity contribution in [2.75, 3.05) is 0 Å². The minimum absolute atomic E-state index is 0.653. The average molecular weight is 137 g/mol. The summed E-state index contributed by atoms with van der Waals surface area (Å²) in [5, 5.41) is 2.88. The lowest BCUT2D eigenvalue weighted by atomic mass is 10.2. The SMILES string of the molecule is FC(F)(F)C1[C]ON=C1. The van der Waals surface area contributed by atoms with Gasteiger partial charge < -0.3 is 4.84 Å². The monoisotopic (exact) mass is 137 g/mol. The molecule has 0 aromatic heterocycles. The Balaban J connectivity index is 2.53. The van der Waals surface area contributed by atoms with Gasteiger partial charge in [-0.05, 0) is 0 Å². The van der Waals surface area contributed by atoms with Crippen LogP contribution < -0.4 is 0 Å². The minimum Gasteiger partial charge on any atom is -0.379 e. The molecule has 0 saturated carbocycles. The number of halogens is 3. The van der Waals surface area contributed by atoms with Gasteiger partial charge in [-0.2, -0.15) is 13.2 Å². The van der Waals surface area contributed by atoms with Crippen molar-refractivity contribution in [3.05, 3.63) is 6.61 Å². The van der Waals surface area contributed by atoms with Crippen LogP contribution in [0, 0.1) is 12.5 Å². The van der Waals surface area contributed by atoms with E-state index in [1.807, 2.05) is 0 Å². The number of oxime groups is 1. The second-order valence-corrected chi connectivity index (χ2v) is 1.48. The average Bonchev–Trinajstić information content (AvgIpc) is 2.08. The highest BCUT2D eigenvalue weighted by molar-refractivity contribution is 5.64. The molecule has 50 valence electrons. The molecule has 0 bridgehead atoms. The summed E-state index contributed by atoms with van der Waals surface area (Å²) in [6, 6.07) is 0. The summed E-state index contributed by atoms with van der Waals surface area (Å²) in [5.74, 6) is -1.75. The van der Waals surface area contributed by atoms with E-state index in [0.717, 1.165) is 0 Å². The van der Waals surface area contributed by atoms with E-state index in [4.69, 9.17) is 0 Å². The fourth-order valence-electron chi connectivity index (χ4n) is 0.360. The third-order valence-corrected chi connectivity index (χ3v) is 0.795. The van der Waals surface area contributed by atoms with Crippen molar-refractivity contribution in [3.63, 3.8) is 0 Å². The second-order valence-electron chi connectivity index (χ2n) is 1.48. The topological polar surface area (TPSA) is 21.6 Å². The van der Waals surface area contributed by atoms with Gasteiger partial charge in [-0.25, -0.2) is 0 Å². The Morgan fingerprint density at radius 1 is 1.56 bits per heavy atom. The molecule has 9 heavy (non-hydrogen) atoms. The predicted octanol–water partition coefficient (Wildman–Crippen LogP) is 1.22. The molecule has 0 aliphatic carbocycles. The minimum atomic E-state index is -4.31. The molecule has 1 aliphatic heterocycles. The summed E-state index contributed by atoms with van der Waals surface area (Å²) in [6.45, 7) is 1.65. The van der Waals surface area contributed by atoms with Gasteiger partial charge in [-0.15, -0.1) is 0 Å². The fourth-order valence-corrected chi connectivity index (χ4v) is 0.360. The highest BCUT2D eigenvalue weighted by Gasteiger charge is 2.42. The highest BCUT2D eigenvalue weighted by Crippen LogP contribution is 2.29. The summed E-state index contributed by atoms with van der Waals surface area (Å²) >= 11 is 0. The Hall–Kier alpha value is -0.740. The first-order chi connectivity index (χ1) is 4.11. The van der Waals surface area contributed by atoms with Gasteiger partial charge in [0.2, 0.25) is 6.61 Å². The second kappa shape index (κ2) is 1.89. The Kier molecular flexibility index (Phi) is 1.34. The number of hydrogen-bond acceptors (Lipinski definition) is 2. The Morgan fingerprint density at radius 2 is 2.22 bits per heavy atom. The predicted molar refractivity (Wildman–Crippen MR) is 22.4 cm³/mol. The first-order valence-electron chi connectivity index (χ1n) is 2.12. The van der Waals surface area contributed by atoms with E-state index in [1.54, 1.807) is 6.61 Å². The fraction of sp³-hybridized carbons (Fsp3) is 0.500. The number of hydrogen-bond donors (Lipinski definition) is 0. The van der Waals surface area contributed by atoms with Crippen LogP contribution in [0.2, 0.25) is 0 Å². The van der Waals surface area contributed by atoms with Crippen LogP contribution in [0.25, 0.3) is 0 Å². The molecule has 0 spiro atoms. The van der Waals surface area contributed by atoms with Crippen molar-refractivity contribution < 1.29 is 18.0 Å². The standard InChI is InChI=1S/C4H2F3NO/c5-4(6,7)3-1-8-9-2-3/h1,3H. The van der Waals surface area contributed by atoms with Gasteiger partial charge in [0.05, 0.1) is 6.21 Å². The normalized spacial score (nSPS) is 26.3. The molecule has 1 atom stereocenters. The van der Waals surface area contributed by atoms with E-state index >= 15 is 0 Å². The first kappa shape index (κ1) is 6.38. The van der Waals surface area contributed by atoms with Gasteiger partial charge in [0, 0.05) is 0 Å². The molecule has 2 nitrogen and oxygen atoms in total. The maximum atomic E-state index is 11.5. The van der Waals surface area contributed by atoms with E-state index in [9.17, 15) is 13.2 Å². The maximum Gasteiger partial charge on any atom is 0.401 e. The molecule has 2 radical (unpaired) electrons. The van der Waals surface area contributed by atoms with Crippen molar-refractivity contribution in [2.24, 2.45) is 11.1 Å². The van der Waals surface area contributed by atoms with Crippen LogP contribution in [0.3, 0.4) is 0 Å². The molecule has 0 aromatic carbocycles. The van der Waals surface area contributed by atoms with Gasteiger partial charge in [-0.1, -0.05) is 5.16 Å². The summed E-state index contributed by atoms with van der Waals surface area (Å²) in [5.41, 5.74) is 0. The van der Waals surface area contributed by atoms with E-state index in [1.165, 1.54) is 0 Å². The Bertz CT molecular complexity index is 130. The lowest BCUT2D eigenvalue weighted by Gasteiger charge is -2.06. The highest BCUT2D eigenvalue weighted by atomic mass is 19.4. The van der Waals surface area contributed by atoms with E-state index in [2.05, 4.69) is 9.99 Å². The first-order valence-corrected chi connectivity index (χ1v) is 2.12. The zero-order chi connectivity index (χ0) is 6.91. The van der Waals surface area contributed by atoms with Crippen LogP contribution >= 0.6 is 0 Å². The third-order valence-electron chi connectivity index (χ3n) is 0.795. The molecule has 0 aromatic rings. The molecule has 0 fully saturated rings. The molecule has 1 heterocycles. The lowest BCUT2D eigenvalue weighted by molar-refractivity contribution is -0.151. The summed E-state index contributed by atoms with van der Waals surface area (Å²) in [4.78, 5) is 3.88. The molecule has 1 aliphatic rings. The van der Waals surface area contributed by atoms with Crippen LogP contribution in [0.5, 0.6) is 0 Å². The largest absolute Gasteiger partial charge is 0.401 e. The molecule has 5 heteroatoms. The Morgan fingerprint density at radius 3 is 2.44 bits per heavy atom. The molecular formula is C4H2F3NO. The van der Waals surface area contributed by atoms with Gasteiger partial charge >= 0.3 is 6.18 Å². The molecular weight excluding hydrogens is 135 g/mol. The van der Waals surface area contributed by atoms with E-state index in [0.29, 0.717) is 6.21 Å². The number of nitrogens with zero attached hydrogens (tertiary/aromatic N) is 1. The smallest absolute Gasteiger partial charge is 0.379 e. The van der Waals surface area contributed by atoms with Crippen molar-refractivity contribution in [2.45, 2.75) is 6.18 Å². The van der Waals surface area contributed by atoms with Crippen LogP contribution in [0.4, 0.5) is 13.2 Å².